The molecule has 2 atom stereocenters. The number of sulfonamides is 1. The fraction of sp³-hybridized carbons (Fsp3) is 0.833. The largest absolute Gasteiger partial charge is 0.324 e. The van der Waals surface area contributed by atoms with E-state index in [2.05, 4.69) is 0 Å². The van der Waals surface area contributed by atoms with Gasteiger partial charge in [-0.15, -0.1) is 11.8 Å². The van der Waals surface area contributed by atoms with E-state index in [1.54, 1.807) is 16.1 Å². The van der Waals surface area contributed by atoms with Crippen LogP contribution in [0, 0.1) is 0 Å². The van der Waals surface area contributed by atoms with Crippen LogP contribution in [0.5, 0.6) is 0 Å². The maximum absolute atomic E-state index is 12.4. The lowest BCUT2D eigenvalue weighted by Gasteiger charge is -2.36. The molecule has 1 aliphatic carbocycles. The second kappa shape index (κ2) is 4.51. The molecule has 102 valence electrons. The van der Waals surface area contributed by atoms with Crippen molar-refractivity contribution in [3.8, 4) is 0 Å². The van der Waals surface area contributed by atoms with Gasteiger partial charge in [-0.3, -0.25) is 0 Å². The van der Waals surface area contributed by atoms with Crippen LogP contribution in [0.2, 0.25) is 0 Å². The molecule has 0 aromatic heterocycles. The van der Waals surface area contributed by atoms with Crippen molar-refractivity contribution in [2.45, 2.75) is 48.1 Å². The van der Waals surface area contributed by atoms with Gasteiger partial charge in [0.2, 0.25) is 10.0 Å². The Morgan fingerprint density at radius 3 is 2.72 bits per heavy atom. The van der Waals surface area contributed by atoms with E-state index in [-0.39, 0.29) is 16.0 Å². The first-order valence-corrected chi connectivity index (χ1v) is 9.06. The fourth-order valence-corrected chi connectivity index (χ4v) is 6.94. The fourth-order valence-electron chi connectivity index (χ4n) is 3.26. The number of rotatable bonds is 2. The van der Waals surface area contributed by atoms with Gasteiger partial charge in [0.1, 0.15) is 5.25 Å². The first-order chi connectivity index (χ1) is 8.51. The van der Waals surface area contributed by atoms with Crippen LogP contribution in [0.3, 0.4) is 0 Å². The van der Waals surface area contributed by atoms with Crippen molar-refractivity contribution in [1.29, 1.82) is 0 Å². The summed E-state index contributed by atoms with van der Waals surface area (Å²) < 4.78 is 26.4. The minimum atomic E-state index is -3.16. The molecule has 4 nitrogen and oxygen atoms in total. The van der Waals surface area contributed by atoms with E-state index >= 15 is 0 Å². The van der Waals surface area contributed by atoms with Crippen molar-refractivity contribution in [3.63, 3.8) is 0 Å². The molecule has 0 amide bonds. The van der Waals surface area contributed by atoms with E-state index in [0.717, 1.165) is 25.7 Å². The molecule has 0 spiro atoms. The van der Waals surface area contributed by atoms with Crippen LogP contribution in [0.1, 0.15) is 32.1 Å². The number of hydrogen-bond donors (Lipinski definition) is 1. The Morgan fingerprint density at radius 1 is 1.33 bits per heavy atom. The van der Waals surface area contributed by atoms with Crippen molar-refractivity contribution >= 4 is 21.8 Å². The van der Waals surface area contributed by atoms with Crippen LogP contribution in [-0.4, -0.2) is 41.9 Å². The number of hydrogen-bond acceptors (Lipinski definition) is 4. The molecule has 2 heterocycles. The number of thioether (sulfide) groups is 1. The van der Waals surface area contributed by atoms with Gasteiger partial charge in [-0.2, -0.15) is 4.31 Å². The minimum Gasteiger partial charge on any atom is -0.324 e. The molecular weight excluding hydrogens is 268 g/mol. The summed E-state index contributed by atoms with van der Waals surface area (Å²) >= 11 is 1.64. The third-order valence-corrected chi connectivity index (χ3v) is 7.77. The van der Waals surface area contributed by atoms with Gasteiger partial charge in [0.25, 0.3) is 0 Å². The van der Waals surface area contributed by atoms with Crippen molar-refractivity contribution in [3.05, 3.63) is 11.5 Å². The molecule has 3 rings (SSSR count). The number of nitrogens with two attached hydrogens (primary N) is 1. The molecule has 0 aromatic rings. The van der Waals surface area contributed by atoms with Crippen molar-refractivity contribution in [2.24, 2.45) is 5.73 Å². The average molecular weight is 288 g/mol. The zero-order chi connectivity index (χ0) is 12.8. The molecule has 0 bridgehead atoms. The maximum Gasteiger partial charge on any atom is 0.221 e. The molecule has 6 heteroatoms. The van der Waals surface area contributed by atoms with Crippen LogP contribution in [0.15, 0.2) is 11.5 Å². The Labute approximate surface area is 113 Å². The molecule has 1 saturated carbocycles. The monoisotopic (exact) mass is 288 g/mol. The summed E-state index contributed by atoms with van der Waals surface area (Å²) in [7, 11) is -3.16. The second-order valence-electron chi connectivity index (χ2n) is 5.73. The molecular formula is C12H20N2O2S2. The number of nitrogens with zero attached hydrogens (tertiary/aromatic N) is 1. The molecule has 2 fully saturated rings. The highest BCUT2D eigenvalue weighted by Crippen LogP contribution is 2.39. The average Bonchev–Trinajstić information content (AvgIpc) is 2.84. The molecule has 18 heavy (non-hydrogen) atoms. The summed E-state index contributed by atoms with van der Waals surface area (Å²) in [5, 5.41) is 1.79. The Kier molecular flexibility index (Phi) is 3.25. The lowest BCUT2D eigenvalue weighted by Crippen LogP contribution is -2.52. The first kappa shape index (κ1) is 13.0. The van der Waals surface area contributed by atoms with Crippen LogP contribution in [-0.2, 0) is 10.0 Å². The summed E-state index contributed by atoms with van der Waals surface area (Å²) in [6.07, 6.45) is 7.23. The van der Waals surface area contributed by atoms with Gasteiger partial charge < -0.3 is 5.73 Å². The van der Waals surface area contributed by atoms with Gasteiger partial charge in [0.05, 0.1) is 0 Å². The van der Waals surface area contributed by atoms with Gasteiger partial charge in [0.15, 0.2) is 0 Å². The quantitative estimate of drug-likeness (QED) is 0.831. The minimum absolute atomic E-state index is 0.183. The zero-order valence-corrected chi connectivity index (χ0v) is 12.0. The van der Waals surface area contributed by atoms with Crippen LogP contribution in [0.25, 0.3) is 0 Å². The summed E-state index contributed by atoms with van der Waals surface area (Å²) in [6, 6.07) is 0. The molecule has 2 unspecified atom stereocenters. The normalized spacial score (nSPS) is 37.8. The highest BCUT2D eigenvalue weighted by molar-refractivity contribution is 8.04. The van der Waals surface area contributed by atoms with Crippen LogP contribution < -0.4 is 5.73 Å². The standard InChI is InChI=1S/C12H20N2O2S2/c13-12(5-2-1-3-6-12)9-14-8-10-11(4-7-17-10)18(14,15)16/h4,7,10-11H,1-3,5-6,8-9,13H2. The highest BCUT2D eigenvalue weighted by Gasteiger charge is 2.48. The van der Waals surface area contributed by atoms with Gasteiger partial charge in [-0.05, 0) is 18.2 Å². The summed E-state index contributed by atoms with van der Waals surface area (Å²) in [5.41, 5.74) is 6.09. The van der Waals surface area contributed by atoms with Gasteiger partial charge in [0, 0.05) is 23.9 Å². The molecule has 1 saturated heterocycles. The first-order valence-electron chi connectivity index (χ1n) is 6.61. The predicted molar refractivity (Wildman–Crippen MR) is 74.8 cm³/mol. The third kappa shape index (κ3) is 2.13. The third-order valence-electron chi connectivity index (χ3n) is 4.32. The van der Waals surface area contributed by atoms with E-state index in [0.29, 0.717) is 13.1 Å². The van der Waals surface area contributed by atoms with Crippen LogP contribution in [0.4, 0.5) is 0 Å². The predicted octanol–water partition coefficient (Wildman–Crippen LogP) is 1.29. The Morgan fingerprint density at radius 2 is 2.06 bits per heavy atom. The molecule has 3 aliphatic rings. The second-order valence-corrected chi connectivity index (χ2v) is 8.97. The van der Waals surface area contributed by atoms with Crippen LogP contribution >= 0.6 is 11.8 Å². The van der Waals surface area contributed by atoms with Gasteiger partial charge >= 0.3 is 0 Å². The Hall–Kier alpha value is -0.0400. The lowest BCUT2D eigenvalue weighted by molar-refractivity contribution is 0.241. The van der Waals surface area contributed by atoms with E-state index < -0.39 is 10.0 Å². The smallest absolute Gasteiger partial charge is 0.221 e. The lowest BCUT2D eigenvalue weighted by atomic mass is 9.82. The van der Waals surface area contributed by atoms with E-state index in [1.165, 1.54) is 6.42 Å². The molecule has 0 aromatic carbocycles. The molecule has 2 N–H and O–H groups in total. The summed E-state index contributed by atoms with van der Waals surface area (Å²) in [6.45, 7) is 1.14. The van der Waals surface area contributed by atoms with E-state index in [1.807, 2.05) is 11.5 Å². The topological polar surface area (TPSA) is 63.4 Å². The SMILES string of the molecule is NC1(CN2CC3SC=CC3S2(=O)=O)CCCCC1. The summed E-state index contributed by atoms with van der Waals surface area (Å²) in [4.78, 5) is 0. The molecule has 0 radical (unpaired) electrons. The van der Waals surface area contributed by atoms with Crippen molar-refractivity contribution < 1.29 is 8.42 Å². The number of fused-ring (bicyclic) bond motifs is 1. The molecule has 2 aliphatic heterocycles. The Bertz CT molecular complexity index is 455. The van der Waals surface area contributed by atoms with Gasteiger partial charge in [-0.25, -0.2) is 8.42 Å². The maximum atomic E-state index is 12.4. The zero-order valence-electron chi connectivity index (χ0n) is 10.4. The summed E-state index contributed by atoms with van der Waals surface area (Å²) in [5.74, 6) is 0. The van der Waals surface area contributed by atoms with Crippen molar-refractivity contribution in [2.75, 3.05) is 13.1 Å². The van der Waals surface area contributed by atoms with Gasteiger partial charge in [-0.1, -0.05) is 25.3 Å². The van der Waals surface area contributed by atoms with Crippen molar-refractivity contribution in [1.82, 2.24) is 4.31 Å². The highest BCUT2D eigenvalue weighted by atomic mass is 32.2. The Balaban J connectivity index is 1.76. The van der Waals surface area contributed by atoms with E-state index in [4.69, 9.17) is 5.73 Å². The van der Waals surface area contributed by atoms with E-state index in [9.17, 15) is 8.42 Å².